The molecule has 3 heteroatoms. The largest absolute Gasteiger partial charge is 0.318 e. The summed E-state index contributed by atoms with van der Waals surface area (Å²) in [6.45, 7) is 7.01. The maximum Gasteiger partial charge on any atom is 0.150 e. The number of likely N-dealkylation sites (tertiary alicyclic amines) is 1. The third-order valence-corrected chi connectivity index (χ3v) is 3.34. The molecule has 0 unspecified atom stereocenters. The molecule has 1 aliphatic heterocycles. The van der Waals surface area contributed by atoms with Gasteiger partial charge in [0.2, 0.25) is 0 Å². The zero-order valence-corrected chi connectivity index (χ0v) is 12.2. The van der Waals surface area contributed by atoms with Crippen LogP contribution >= 0.6 is 0 Å². The second-order valence-corrected chi connectivity index (χ2v) is 5.03. The topological polar surface area (TPSA) is 32.3 Å². The SMILES string of the molecule is CNCCN1CCCCC1.Cc1ccc(C=O)cc1. The third-order valence-electron chi connectivity index (χ3n) is 3.34. The molecule has 1 N–H and O–H groups in total. The first-order valence-electron chi connectivity index (χ1n) is 7.15. The first-order valence-corrected chi connectivity index (χ1v) is 7.15. The second kappa shape index (κ2) is 9.70. The number of hydrogen-bond donors (Lipinski definition) is 1. The van der Waals surface area contributed by atoms with Crippen molar-refractivity contribution in [3.8, 4) is 0 Å². The highest BCUT2D eigenvalue weighted by Gasteiger charge is 2.07. The number of benzene rings is 1. The van der Waals surface area contributed by atoms with E-state index in [1.807, 2.05) is 38.2 Å². The molecule has 1 saturated heterocycles. The van der Waals surface area contributed by atoms with Gasteiger partial charge < -0.3 is 10.2 Å². The van der Waals surface area contributed by atoms with Gasteiger partial charge in [-0.05, 0) is 39.9 Å². The Morgan fingerprint density at radius 3 is 2.32 bits per heavy atom. The fourth-order valence-corrected chi connectivity index (χ4v) is 2.10. The molecule has 3 nitrogen and oxygen atoms in total. The number of carbonyl (C=O) groups excluding carboxylic acids is 1. The lowest BCUT2D eigenvalue weighted by Crippen LogP contribution is -2.34. The van der Waals surface area contributed by atoms with Crippen LogP contribution in [0, 0.1) is 6.92 Å². The van der Waals surface area contributed by atoms with Crippen LogP contribution in [0.4, 0.5) is 0 Å². The Morgan fingerprint density at radius 2 is 1.79 bits per heavy atom. The molecule has 106 valence electrons. The van der Waals surface area contributed by atoms with Crippen LogP contribution in [0.15, 0.2) is 24.3 Å². The Hall–Kier alpha value is -1.19. The number of rotatable bonds is 4. The summed E-state index contributed by atoms with van der Waals surface area (Å²) in [5.74, 6) is 0. The van der Waals surface area contributed by atoms with Crippen molar-refractivity contribution in [1.82, 2.24) is 10.2 Å². The first kappa shape index (κ1) is 15.9. The van der Waals surface area contributed by atoms with Crippen molar-refractivity contribution in [3.05, 3.63) is 35.4 Å². The van der Waals surface area contributed by atoms with Crippen LogP contribution in [0.1, 0.15) is 35.2 Å². The standard InChI is InChI=1S/C8H18N2.C8H8O/c1-9-5-8-10-6-3-2-4-7-10;1-7-2-4-8(6-9)5-3-7/h9H,2-8H2,1H3;2-6H,1H3. The van der Waals surface area contributed by atoms with Crippen LogP contribution in [-0.2, 0) is 0 Å². The maximum absolute atomic E-state index is 10.1. The number of aldehydes is 1. The van der Waals surface area contributed by atoms with Crippen molar-refractivity contribution in [2.45, 2.75) is 26.2 Å². The average Bonchev–Trinajstić information content (AvgIpc) is 2.48. The summed E-state index contributed by atoms with van der Waals surface area (Å²) in [7, 11) is 2.02. The van der Waals surface area contributed by atoms with Crippen molar-refractivity contribution in [3.63, 3.8) is 0 Å². The van der Waals surface area contributed by atoms with Crippen LogP contribution in [0.25, 0.3) is 0 Å². The minimum Gasteiger partial charge on any atom is -0.318 e. The van der Waals surface area contributed by atoms with Crippen LogP contribution in [-0.4, -0.2) is 44.4 Å². The summed E-state index contributed by atoms with van der Waals surface area (Å²) in [5, 5.41) is 3.17. The molecule has 19 heavy (non-hydrogen) atoms. The summed E-state index contributed by atoms with van der Waals surface area (Å²) < 4.78 is 0. The summed E-state index contributed by atoms with van der Waals surface area (Å²) >= 11 is 0. The van der Waals surface area contributed by atoms with Gasteiger partial charge in [-0.3, -0.25) is 4.79 Å². The molecule has 2 rings (SSSR count). The Balaban J connectivity index is 0.000000191. The van der Waals surface area contributed by atoms with Gasteiger partial charge >= 0.3 is 0 Å². The van der Waals surface area contributed by atoms with Crippen LogP contribution in [0.3, 0.4) is 0 Å². The highest BCUT2D eigenvalue weighted by atomic mass is 16.1. The molecule has 0 radical (unpaired) electrons. The van der Waals surface area contributed by atoms with Crippen molar-refractivity contribution in [1.29, 1.82) is 0 Å². The number of nitrogens with zero attached hydrogens (tertiary/aromatic N) is 1. The van der Waals surface area contributed by atoms with E-state index >= 15 is 0 Å². The maximum atomic E-state index is 10.1. The average molecular weight is 262 g/mol. The zero-order chi connectivity index (χ0) is 13.9. The summed E-state index contributed by atoms with van der Waals surface area (Å²) in [4.78, 5) is 12.7. The number of nitrogens with one attached hydrogen (secondary N) is 1. The lowest BCUT2D eigenvalue weighted by molar-refractivity contribution is 0.112. The Labute approximate surface area is 117 Å². The highest BCUT2D eigenvalue weighted by Crippen LogP contribution is 2.06. The molecule has 0 saturated carbocycles. The van der Waals surface area contributed by atoms with Crippen molar-refractivity contribution >= 4 is 6.29 Å². The Kier molecular flexibility index (Phi) is 8.10. The Bertz CT molecular complexity index is 342. The molecular weight excluding hydrogens is 236 g/mol. The normalized spacial score (nSPS) is 15.5. The fourth-order valence-electron chi connectivity index (χ4n) is 2.10. The second-order valence-electron chi connectivity index (χ2n) is 5.03. The van der Waals surface area contributed by atoms with Gasteiger partial charge in [-0.25, -0.2) is 0 Å². The van der Waals surface area contributed by atoms with Gasteiger partial charge in [0.05, 0.1) is 0 Å². The lowest BCUT2D eigenvalue weighted by Gasteiger charge is -2.25. The lowest BCUT2D eigenvalue weighted by atomic mass is 10.1. The summed E-state index contributed by atoms with van der Waals surface area (Å²) in [6, 6.07) is 7.46. The van der Waals surface area contributed by atoms with Gasteiger partial charge in [-0.15, -0.1) is 0 Å². The van der Waals surface area contributed by atoms with Gasteiger partial charge in [-0.2, -0.15) is 0 Å². The number of carbonyl (C=O) groups is 1. The molecule has 0 bridgehead atoms. The molecule has 0 aliphatic carbocycles. The number of piperidine rings is 1. The molecule has 0 atom stereocenters. The molecular formula is C16H26N2O. The zero-order valence-electron chi connectivity index (χ0n) is 12.2. The van der Waals surface area contributed by atoms with E-state index in [0.717, 1.165) is 18.4 Å². The first-order chi connectivity index (χ1) is 9.26. The van der Waals surface area contributed by atoms with Gasteiger partial charge in [-0.1, -0.05) is 36.2 Å². The van der Waals surface area contributed by atoms with Crippen LogP contribution in [0.2, 0.25) is 0 Å². The predicted octanol–water partition coefficient (Wildman–Crippen LogP) is 2.50. The predicted molar refractivity (Wildman–Crippen MR) is 80.8 cm³/mol. The van der Waals surface area contributed by atoms with Crippen molar-refractivity contribution in [2.75, 3.05) is 33.2 Å². The fraction of sp³-hybridized carbons (Fsp3) is 0.562. The van der Waals surface area contributed by atoms with E-state index in [-0.39, 0.29) is 0 Å². The van der Waals surface area contributed by atoms with E-state index in [0.29, 0.717) is 0 Å². The van der Waals surface area contributed by atoms with Crippen LogP contribution < -0.4 is 5.32 Å². The minimum atomic E-state index is 0.737. The summed E-state index contributed by atoms with van der Waals surface area (Å²) in [6.07, 6.45) is 5.10. The highest BCUT2D eigenvalue weighted by molar-refractivity contribution is 5.74. The molecule has 0 amide bonds. The van der Waals surface area contributed by atoms with Gasteiger partial charge in [0, 0.05) is 18.7 Å². The molecule has 0 spiro atoms. The van der Waals surface area contributed by atoms with E-state index in [2.05, 4.69) is 10.2 Å². The van der Waals surface area contributed by atoms with Crippen molar-refractivity contribution < 1.29 is 4.79 Å². The number of likely N-dealkylation sites (N-methyl/N-ethyl adjacent to an activating group) is 1. The molecule has 1 aromatic carbocycles. The molecule has 1 aliphatic rings. The Morgan fingerprint density at radius 1 is 1.16 bits per heavy atom. The van der Waals surface area contributed by atoms with E-state index < -0.39 is 0 Å². The van der Waals surface area contributed by atoms with Crippen molar-refractivity contribution in [2.24, 2.45) is 0 Å². The quantitative estimate of drug-likeness (QED) is 0.846. The number of aryl methyl sites for hydroxylation is 1. The minimum absolute atomic E-state index is 0.737. The monoisotopic (exact) mass is 262 g/mol. The third kappa shape index (κ3) is 7.09. The van der Waals surface area contributed by atoms with E-state index in [9.17, 15) is 4.79 Å². The van der Waals surface area contributed by atoms with Crippen LogP contribution in [0.5, 0.6) is 0 Å². The smallest absolute Gasteiger partial charge is 0.150 e. The van der Waals surface area contributed by atoms with Gasteiger partial charge in [0.1, 0.15) is 6.29 Å². The molecule has 1 aromatic rings. The van der Waals surface area contributed by atoms with Gasteiger partial charge in [0.25, 0.3) is 0 Å². The molecule has 0 aromatic heterocycles. The van der Waals surface area contributed by atoms with Gasteiger partial charge in [0.15, 0.2) is 0 Å². The van der Waals surface area contributed by atoms with E-state index in [1.54, 1.807) is 0 Å². The van der Waals surface area contributed by atoms with E-state index in [1.165, 1.54) is 44.5 Å². The molecule has 1 heterocycles. The number of hydrogen-bond acceptors (Lipinski definition) is 3. The summed E-state index contributed by atoms with van der Waals surface area (Å²) in [5.41, 5.74) is 1.92. The molecule has 1 fully saturated rings. The van der Waals surface area contributed by atoms with E-state index in [4.69, 9.17) is 0 Å².